The second-order valence-corrected chi connectivity index (χ2v) is 12.0. The number of aliphatic hydroxyl groups is 4. The van der Waals surface area contributed by atoms with Crippen molar-refractivity contribution in [3.05, 3.63) is 64.7 Å². The van der Waals surface area contributed by atoms with Gasteiger partial charge < -0.3 is 80.5 Å². The lowest BCUT2D eigenvalue weighted by molar-refractivity contribution is -0.309. The van der Waals surface area contributed by atoms with E-state index in [0.29, 0.717) is 13.0 Å². The molecule has 0 saturated carbocycles. The maximum absolute atomic E-state index is 13.3. The number of guanidine groups is 1. The third-order valence-electron chi connectivity index (χ3n) is 8.43. The van der Waals surface area contributed by atoms with Crippen LogP contribution < -0.4 is 35.3 Å². The number of aliphatic hydroxyl groups excluding tert-OH is 4. The Bertz CT molecular complexity index is 1840. The number of nitrogens with zero attached hydrogens (tertiary/aromatic N) is 1. The van der Waals surface area contributed by atoms with Crippen LogP contribution in [0, 0.1) is 0 Å². The van der Waals surface area contributed by atoms with Crippen molar-refractivity contribution in [1.82, 2.24) is 5.32 Å². The van der Waals surface area contributed by atoms with Gasteiger partial charge in [0.15, 0.2) is 41.8 Å². The number of ether oxygens (including phenoxy) is 6. The van der Waals surface area contributed by atoms with Crippen LogP contribution in [-0.2, 0) is 22.3 Å². The maximum Gasteiger partial charge on any atom is 0.344 e. The lowest BCUT2D eigenvalue weighted by Gasteiger charge is -2.41. The smallest absolute Gasteiger partial charge is 0.344 e. The molecule has 11 N–H and O–H groups in total. The number of hydrogen-bond donors (Lipinski definition) is 10. The molecule has 0 spiro atoms. The molecule has 19 heteroatoms. The molecule has 1 aliphatic heterocycles. The van der Waals surface area contributed by atoms with Gasteiger partial charge in [-0.05, 0) is 24.5 Å². The predicted molar refractivity (Wildman–Crippen MR) is 194 cm³/mol. The molecular formula is C36H46N4O15. The molecule has 0 amide bonds. The Hall–Kier alpha value is -5.73. The third kappa shape index (κ3) is 10.1. The van der Waals surface area contributed by atoms with Gasteiger partial charge in [-0.25, -0.2) is 9.59 Å². The monoisotopic (exact) mass is 774 g/mol. The highest BCUT2D eigenvalue weighted by Gasteiger charge is 2.49. The molecule has 300 valence electrons. The lowest BCUT2D eigenvalue weighted by Crippen LogP contribution is -2.62. The summed E-state index contributed by atoms with van der Waals surface area (Å²) in [5, 5.41) is 80.2. The molecule has 55 heavy (non-hydrogen) atoms. The Balaban J connectivity index is 1.56. The maximum atomic E-state index is 13.3. The Morgan fingerprint density at radius 1 is 0.945 bits per heavy atom. The first-order valence-corrected chi connectivity index (χ1v) is 17.1. The zero-order chi connectivity index (χ0) is 40.4. The van der Waals surface area contributed by atoms with E-state index in [1.54, 1.807) is 6.92 Å². The second kappa shape index (κ2) is 19.0. The number of benzene rings is 3. The van der Waals surface area contributed by atoms with Gasteiger partial charge in [0, 0.05) is 38.2 Å². The molecule has 0 aliphatic carbocycles. The number of aromatic hydroxyl groups is 2. The van der Waals surface area contributed by atoms with Gasteiger partial charge in [0.05, 0.1) is 25.0 Å². The van der Waals surface area contributed by atoms with Crippen molar-refractivity contribution >= 4 is 23.6 Å². The molecule has 1 fully saturated rings. The number of aryl methyl sites for hydroxylation is 1. The Morgan fingerprint density at radius 2 is 1.65 bits per heavy atom. The highest BCUT2D eigenvalue weighted by Crippen LogP contribution is 2.46. The summed E-state index contributed by atoms with van der Waals surface area (Å²) < 4.78 is 32.9. The van der Waals surface area contributed by atoms with Crippen LogP contribution in [0.15, 0.2) is 47.5 Å². The number of aromatic carboxylic acids is 1. The number of carboxylic acids is 1. The molecule has 0 aromatic heterocycles. The minimum Gasteiger partial charge on any atom is -0.504 e. The van der Waals surface area contributed by atoms with Gasteiger partial charge in [-0.1, -0.05) is 31.2 Å². The third-order valence-corrected chi connectivity index (χ3v) is 8.43. The van der Waals surface area contributed by atoms with Gasteiger partial charge in [0.1, 0.15) is 23.9 Å². The summed E-state index contributed by atoms with van der Waals surface area (Å²) in [5.41, 5.74) is 6.90. The van der Waals surface area contributed by atoms with E-state index in [-0.39, 0.29) is 47.8 Å². The van der Waals surface area contributed by atoms with E-state index >= 15 is 0 Å². The number of carbonyl (C=O) groups excluding carboxylic acids is 1. The number of anilines is 1. The number of carboxylic acid groups (broad SMARTS) is 1. The fourth-order valence-electron chi connectivity index (χ4n) is 5.46. The summed E-state index contributed by atoms with van der Waals surface area (Å²) in [7, 11) is 2.60. The first-order chi connectivity index (χ1) is 26.2. The van der Waals surface area contributed by atoms with E-state index < -0.39 is 71.7 Å². The van der Waals surface area contributed by atoms with Gasteiger partial charge in [-0.3, -0.25) is 4.99 Å². The van der Waals surface area contributed by atoms with E-state index in [0.717, 1.165) is 29.7 Å². The number of rotatable bonds is 17. The molecule has 0 radical (unpaired) electrons. The summed E-state index contributed by atoms with van der Waals surface area (Å²) in [5.74, 6) is -5.39. The van der Waals surface area contributed by atoms with Crippen molar-refractivity contribution in [2.24, 2.45) is 10.7 Å². The van der Waals surface area contributed by atoms with Crippen molar-refractivity contribution in [3.8, 4) is 34.5 Å². The molecule has 1 saturated heterocycles. The van der Waals surface area contributed by atoms with Crippen molar-refractivity contribution in [3.63, 3.8) is 0 Å². The SMILES string of the molecule is CCNc1cc(O[C@@H]2O[C@H]([C@@H](O)OC(=O)c3cc(OC)c(O)c(OCCc4cccc(CC)c4)c3O)[C@@H](O)[C@H](O)[C@H]2O)c(OCNC(N)=NC)cc1C(=O)O. The first kappa shape index (κ1) is 42.0. The number of phenols is 2. The van der Waals surface area contributed by atoms with Crippen molar-refractivity contribution in [1.29, 1.82) is 0 Å². The predicted octanol–water partition coefficient (Wildman–Crippen LogP) is 0.653. The molecular weight excluding hydrogens is 728 g/mol. The number of carbonyl (C=O) groups is 2. The number of phenolic OH excluding ortho intramolecular Hbond substituents is 2. The zero-order valence-electron chi connectivity index (χ0n) is 30.5. The minimum absolute atomic E-state index is 0.00365. The number of nitrogens with two attached hydrogens (primary N) is 1. The van der Waals surface area contributed by atoms with Crippen LogP contribution in [0.25, 0.3) is 0 Å². The molecule has 1 heterocycles. The van der Waals surface area contributed by atoms with Gasteiger partial charge in [-0.15, -0.1) is 0 Å². The average molecular weight is 775 g/mol. The quantitative estimate of drug-likeness (QED) is 0.0390. The van der Waals surface area contributed by atoms with E-state index in [2.05, 4.69) is 15.6 Å². The van der Waals surface area contributed by atoms with Crippen molar-refractivity contribution in [2.45, 2.75) is 63.7 Å². The van der Waals surface area contributed by atoms with Gasteiger partial charge in [0.25, 0.3) is 0 Å². The van der Waals surface area contributed by atoms with Crippen LogP contribution in [0.3, 0.4) is 0 Å². The largest absolute Gasteiger partial charge is 0.504 e. The Kier molecular flexibility index (Phi) is 14.5. The number of methoxy groups -OCH3 is 1. The van der Waals surface area contributed by atoms with Crippen LogP contribution in [0.5, 0.6) is 34.5 Å². The van der Waals surface area contributed by atoms with Crippen LogP contribution >= 0.6 is 0 Å². The summed E-state index contributed by atoms with van der Waals surface area (Å²) in [6.45, 7) is 3.67. The minimum atomic E-state index is -2.37. The highest BCUT2D eigenvalue weighted by atomic mass is 16.7. The molecule has 1 aliphatic rings. The Morgan fingerprint density at radius 3 is 2.31 bits per heavy atom. The summed E-state index contributed by atoms with van der Waals surface area (Å²) in [6, 6.07) is 11.0. The van der Waals surface area contributed by atoms with Crippen LogP contribution in [0.4, 0.5) is 5.69 Å². The van der Waals surface area contributed by atoms with Crippen LogP contribution in [0.2, 0.25) is 0 Å². The molecule has 3 aromatic carbocycles. The summed E-state index contributed by atoms with van der Waals surface area (Å²) >= 11 is 0. The van der Waals surface area contributed by atoms with E-state index in [1.165, 1.54) is 20.2 Å². The van der Waals surface area contributed by atoms with E-state index in [9.17, 15) is 45.3 Å². The van der Waals surface area contributed by atoms with Crippen LogP contribution in [-0.4, -0.2) is 125 Å². The number of esters is 1. The van der Waals surface area contributed by atoms with Crippen molar-refractivity contribution < 1.29 is 73.8 Å². The summed E-state index contributed by atoms with van der Waals surface area (Å²) in [6.07, 6.45) is -11.1. The fraction of sp³-hybridized carbons (Fsp3) is 0.417. The van der Waals surface area contributed by atoms with Crippen LogP contribution in [0.1, 0.15) is 45.7 Å². The standard InChI is InChI=1S/C36H46N4O15/c1-5-17-8-7-9-18(12-17)10-11-51-30-25(41)20(14-24(50-4)26(30)42)33(48)55-34(49)31-28(44)27(43)29(45)35(54-31)53-23-15-21(39-6-2)19(32(46)47)13-22(23)52-16-40-36(37)38-3/h7-9,12-15,27-29,31,34-35,39,41-45,49H,5-6,10-11,16H2,1-4H3,(H,46,47)(H3,37,38,40)/t27-,28-,29+,31-,34-,35+/m0/s1. The van der Waals surface area contributed by atoms with E-state index in [1.807, 2.05) is 31.2 Å². The average Bonchev–Trinajstić information content (AvgIpc) is 3.16. The molecule has 0 bridgehead atoms. The molecule has 4 rings (SSSR count). The van der Waals surface area contributed by atoms with Crippen molar-refractivity contribution in [2.75, 3.05) is 39.4 Å². The number of aliphatic imine (C=N–C) groups is 1. The van der Waals surface area contributed by atoms with Gasteiger partial charge in [0.2, 0.25) is 24.1 Å². The Labute approximate surface area is 315 Å². The molecule has 19 nitrogen and oxygen atoms in total. The first-order valence-electron chi connectivity index (χ1n) is 17.1. The second-order valence-electron chi connectivity index (χ2n) is 12.0. The van der Waals surface area contributed by atoms with Gasteiger partial charge >= 0.3 is 11.9 Å². The molecule has 6 atom stereocenters. The number of nitrogens with one attached hydrogen (secondary N) is 2. The fourth-order valence-corrected chi connectivity index (χ4v) is 5.46. The molecule has 3 aromatic rings. The number of hydrogen-bond acceptors (Lipinski definition) is 16. The lowest BCUT2D eigenvalue weighted by atomic mass is 9.98. The van der Waals surface area contributed by atoms with E-state index in [4.69, 9.17) is 34.2 Å². The zero-order valence-corrected chi connectivity index (χ0v) is 30.5. The highest BCUT2D eigenvalue weighted by molar-refractivity contribution is 5.96. The molecule has 0 unspecified atom stereocenters. The summed E-state index contributed by atoms with van der Waals surface area (Å²) in [4.78, 5) is 29.1. The normalized spacial score (nSPS) is 20.2. The topological polar surface area (TPSA) is 294 Å². The van der Waals surface area contributed by atoms with Gasteiger partial charge in [-0.2, -0.15) is 0 Å².